The Labute approximate surface area is 194 Å². The van der Waals surface area contributed by atoms with Gasteiger partial charge in [0, 0.05) is 23.3 Å². The van der Waals surface area contributed by atoms with E-state index in [2.05, 4.69) is 20.2 Å². The van der Waals surface area contributed by atoms with Gasteiger partial charge in [-0.1, -0.05) is 12.1 Å². The number of rotatable bonds is 5. The van der Waals surface area contributed by atoms with E-state index in [9.17, 15) is 22.3 Å². The van der Waals surface area contributed by atoms with E-state index in [1.165, 1.54) is 12.3 Å². The highest BCUT2D eigenvalue weighted by atomic mass is 32.2. The predicted octanol–water partition coefficient (Wildman–Crippen LogP) is 4.68. The maximum absolute atomic E-state index is 15.4. The van der Waals surface area contributed by atoms with Gasteiger partial charge in [0.05, 0.1) is 11.3 Å². The average molecular weight is 503 g/mol. The topological polar surface area (TPSA) is 124 Å². The van der Waals surface area contributed by atoms with E-state index in [4.69, 9.17) is 0 Å². The molecule has 8 nitrogen and oxygen atoms in total. The Morgan fingerprint density at radius 3 is 2.49 bits per heavy atom. The molecule has 0 radical (unpaired) electrons. The lowest BCUT2D eigenvalue weighted by atomic mass is 10.0. The highest BCUT2D eigenvalue weighted by Crippen LogP contribution is 2.37. The first kappa shape index (κ1) is 22.4. The molecule has 4 N–H and O–H groups in total. The number of phenolic OH excluding ortho intramolecular Hbond substituents is 1. The van der Waals surface area contributed by atoms with Gasteiger partial charge in [-0.2, -0.15) is 5.10 Å². The first-order valence-electron chi connectivity index (χ1n) is 9.84. The van der Waals surface area contributed by atoms with Gasteiger partial charge in [0.15, 0.2) is 29.0 Å². The molecule has 0 amide bonds. The Morgan fingerprint density at radius 1 is 0.943 bits per heavy atom. The van der Waals surface area contributed by atoms with Crippen molar-refractivity contribution in [1.29, 1.82) is 0 Å². The number of phenols is 1. The van der Waals surface area contributed by atoms with Crippen molar-refractivity contribution in [2.75, 3.05) is 4.72 Å². The summed E-state index contributed by atoms with van der Waals surface area (Å²) in [6, 6.07) is 6.86. The minimum absolute atomic E-state index is 0.152. The molecule has 3 aromatic carbocycles. The molecule has 5 aromatic rings. The fraction of sp³-hybridized carbons (Fsp3) is 0. The molecule has 5 rings (SSSR count). The van der Waals surface area contributed by atoms with E-state index in [1.54, 1.807) is 6.20 Å². The molecule has 0 aliphatic rings. The van der Waals surface area contributed by atoms with Crippen LogP contribution in [0.3, 0.4) is 0 Å². The molecular weight excluding hydrogens is 490 g/mol. The van der Waals surface area contributed by atoms with E-state index >= 15 is 8.78 Å². The Bertz CT molecular complexity index is 1700. The van der Waals surface area contributed by atoms with Crippen LogP contribution >= 0.6 is 0 Å². The summed E-state index contributed by atoms with van der Waals surface area (Å²) in [5.74, 6) is -5.68. The number of anilines is 1. The van der Waals surface area contributed by atoms with Crippen LogP contribution in [0.5, 0.6) is 5.75 Å². The molecule has 0 bridgehead atoms. The van der Waals surface area contributed by atoms with Gasteiger partial charge >= 0.3 is 0 Å². The number of aromatic amines is 2. The Hall–Kier alpha value is -4.39. The third kappa shape index (κ3) is 3.65. The third-order valence-electron chi connectivity index (χ3n) is 5.24. The number of sulfonamides is 1. The second-order valence-electron chi connectivity index (χ2n) is 7.34. The molecule has 2 aromatic heterocycles. The zero-order valence-corrected chi connectivity index (χ0v) is 18.1. The fourth-order valence-electron chi connectivity index (χ4n) is 3.61. The molecular formula is C22H13F4N5O3S. The number of nitrogens with zero attached hydrogens (tertiary/aromatic N) is 2. The van der Waals surface area contributed by atoms with Gasteiger partial charge in [-0.05, 0) is 30.3 Å². The van der Waals surface area contributed by atoms with E-state index in [-0.39, 0.29) is 11.2 Å². The average Bonchev–Trinajstić information content (AvgIpc) is 3.49. The number of hydrogen-bond acceptors (Lipinski definition) is 5. The molecule has 0 saturated carbocycles. The van der Waals surface area contributed by atoms with Gasteiger partial charge in [0.1, 0.15) is 21.9 Å². The quantitative estimate of drug-likeness (QED) is 0.259. The van der Waals surface area contributed by atoms with Crippen molar-refractivity contribution >= 4 is 26.6 Å². The monoisotopic (exact) mass is 503 g/mol. The van der Waals surface area contributed by atoms with Crippen LogP contribution in [0.2, 0.25) is 0 Å². The standard InChI is InChI=1S/C22H13F4N5O3S/c23-12-6-7-13(31-35(33,34)15-3-1-2-14(32)19(15)26)18(25)16(12)10-4-5-11-20(17(10)24)29-30-21(11)22-27-8-9-28-22/h1-9,31-32H,(H,27,28)(H,29,30). The third-order valence-corrected chi connectivity index (χ3v) is 6.62. The second-order valence-corrected chi connectivity index (χ2v) is 8.99. The second kappa shape index (κ2) is 8.13. The highest BCUT2D eigenvalue weighted by Gasteiger charge is 2.26. The Balaban J connectivity index is 1.60. The van der Waals surface area contributed by atoms with Crippen molar-refractivity contribution in [3.05, 3.63) is 78.1 Å². The van der Waals surface area contributed by atoms with Crippen molar-refractivity contribution in [1.82, 2.24) is 20.2 Å². The van der Waals surface area contributed by atoms with Gasteiger partial charge < -0.3 is 10.1 Å². The number of aromatic hydroxyl groups is 1. The molecule has 178 valence electrons. The van der Waals surface area contributed by atoms with Gasteiger partial charge in [0.2, 0.25) is 0 Å². The van der Waals surface area contributed by atoms with Gasteiger partial charge in [-0.25, -0.2) is 31.0 Å². The smallest absolute Gasteiger partial charge is 0.265 e. The van der Waals surface area contributed by atoms with Crippen molar-refractivity contribution < 1.29 is 31.1 Å². The number of H-pyrrole nitrogens is 2. The van der Waals surface area contributed by atoms with E-state index in [0.717, 1.165) is 36.4 Å². The molecule has 0 aliphatic carbocycles. The van der Waals surface area contributed by atoms with Crippen molar-refractivity contribution in [3.63, 3.8) is 0 Å². The number of hydrogen-bond donors (Lipinski definition) is 4. The normalized spacial score (nSPS) is 11.8. The number of benzene rings is 3. The van der Waals surface area contributed by atoms with Crippen LogP contribution in [0.1, 0.15) is 0 Å². The van der Waals surface area contributed by atoms with Crippen LogP contribution in [-0.2, 0) is 10.0 Å². The van der Waals surface area contributed by atoms with E-state index in [0.29, 0.717) is 11.2 Å². The molecule has 0 atom stereocenters. The maximum Gasteiger partial charge on any atom is 0.265 e. The summed E-state index contributed by atoms with van der Waals surface area (Å²) in [6.45, 7) is 0. The predicted molar refractivity (Wildman–Crippen MR) is 118 cm³/mol. The lowest BCUT2D eigenvalue weighted by Gasteiger charge is -2.14. The van der Waals surface area contributed by atoms with Gasteiger partial charge in [-0.3, -0.25) is 9.82 Å². The molecule has 0 fully saturated rings. The summed E-state index contributed by atoms with van der Waals surface area (Å²) in [6.07, 6.45) is 3.01. The number of aromatic nitrogens is 4. The zero-order valence-electron chi connectivity index (χ0n) is 17.3. The molecule has 35 heavy (non-hydrogen) atoms. The summed E-state index contributed by atoms with van der Waals surface area (Å²) < 4.78 is 86.5. The largest absolute Gasteiger partial charge is 0.505 e. The van der Waals surface area contributed by atoms with Crippen molar-refractivity contribution in [3.8, 4) is 28.4 Å². The van der Waals surface area contributed by atoms with Gasteiger partial charge in [0.25, 0.3) is 10.0 Å². The molecule has 2 heterocycles. The summed E-state index contributed by atoms with van der Waals surface area (Å²) >= 11 is 0. The number of nitrogens with one attached hydrogen (secondary N) is 3. The first-order chi connectivity index (χ1) is 16.7. The minimum atomic E-state index is -4.74. The maximum atomic E-state index is 15.4. The Kier molecular flexibility index (Phi) is 5.20. The van der Waals surface area contributed by atoms with Crippen LogP contribution in [0.25, 0.3) is 33.5 Å². The summed E-state index contributed by atoms with van der Waals surface area (Å²) in [5, 5.41) is 16.2. The molecule has 0 aliphatic heterocycles. The molecule has 0 unspecified atom stereocenters. The first-order valence-corrected chi connectivity index (χ1v) is 11.3. The summed E-state index contributed by atoms with van der Waals surface area (Å²) in [5.41, 5.74) is -1.99. The van der Waals surface area contributed by atoms with E-state index < -0.39 is 60.8 Å². The number of fused-ring (bicyclic) bond motifs is 1. The summed E-state index contributed by atoms with van der Waals surface area (Å²) in [7, 11) is -4.74. The van der Waals surface area contributed by atoms with Gasteiger partial charge in [-0.15, -0.1) is 0 Å². The van der Waals surface area contributed by atoms with Crippen molar-refractivity contribution in [2.24, 2.45) is 0 Å². The number of imidazole rings is 1. The van der Waals surface area contributed by atoms with Crippen LogP contribution in [0.15, 0.2) is 59.8 Å². The zero-order chi connectivity index (χ0) is 24.9. The Morgan fingerprint density at radius 2 is 1.74 bits per heavy atom. The molecule has 0 saturated heterocycles. The molecule has 13 heteroatoms. The fourth-order valence-corrected chi connectivity index (χ4v) is 4.76. The SMILES string of the molecule is O=S(=O)(Nc1ccc(F)c(-c2ccc3c(-c4ncc[nH]4)n[nH]c3c2F)c1F)c1cccc(O)c1F. The minimum Gasteiger partial charge on any atom is -0.505 e. The van der Waals surface area contributed by atoms with Crippen LogP contribution in [0, 0.1) is 23.3 Å². The van der Waals surface area contributed by atoms with Crippen LogP contribution in [-0.4, -0.2) is 33.7 Å². The van der Waals surface area contributed by atoms with Crippen LogP contribution in [0.4, 0.5) is 23.2 Å². The van der Waals surface area contributed by atoms with E-state index in [1.807, 2.05) is 4.72 Å². The lowest BCUT2D eigenvalue weighted by Crippen LogP contribution is -2.16. The number of halogens is 4. The van der Waals surface area contributed by atoms with Crippen molar-refractivity contribution in [2.45, 2.75) is 4.90 Å². The van der Waals surface area contributed by atoms with Crippen LogP contribution < -0.4 is 4.72 Å². The summed E-state index contributed by atoms with van der Waals surface area (Å²) in [4.78, 5) is 5.90. The molecule has 0 spiro atoms. The lowest BCUT2D eigenvalue weighted by molar-refractivity contribution is 0.423. The highest BCUT2D eigenvalue weighted by molar-refractivity contribution is 7.92.